The zero-order valence-electron chi connectivity index (χ0n) is 14.3. The van der Waals surface area contributed by atoms with Gasteiger partial charge in [0.05, 0.1) is 12.0 Å². The summed E-state index contributed by atoms with van der Waals surface area (Å²) in [4.78, 5) is 11.3. The molecule has 0 radical (unpaired) electrons. The zero-order valence-corrected chi connectivity index (χ0v) is 15.2. The summed E-state index contributed by atoms with van der Waals surface area (Å²) in [7, 11) is -3.15. The van der Waals surface area contributed by atoms with Gasteiger partial charge in [-0.15, -0.1) is 0 Å². The Balaban J connectivity index is 2.51. The SMILES string of the molecule is COC(=O)/C(=C\Nc1ccc(F)c(F)c1)S(=O)(=O)c1cc(C)ccc1C. The van der Waals surface area contributed by atoms with Crippen molar-refractivity contribution in [3.8, 4) is 0 Å². The summed E-state index contributed by atoms with van der Waals surface area (Å²) in [5, 5.41) is 2.49. The van der Waals surface area contributed by atoms with Crippen LogP contribution in [0.5, 0.6) is 0 Å². The Morgan fingerprint density at radius 2 is 1.77 bits per heavy atom. The first-order chi connectivity index (χ1) is 12.2. The molecule has 0 aliphatic carbocycles. The van der Waals surface area contributed by atoms with Crippen molar-refractivity contribution in [2.45, 2.75) is 18.7 Å². The fourth-order valence-electron chi connectivity index (χ4n) is 2.20. The lowest BCUT2D eigenvalue weighted by atomic mass is 10.2. The average molecular weight is 381 g/mol. The van der Waals surface area contributed by atoms with Crippen molar-refractivity contribution in [2.75, 3.05) is 12.4 Å². The van der Waals surface area contributed by atoms with E-state index in [4.69, 9.17) is 0 Å². The van der Waals surface area contributed by atoms with Gasteiger partial charge in [0.15, 0.2) is 16.5 Å². The lowest BCUT2D eigenvalue weighted by Crippen LogP contribution is -2.18. The highest BCUT2D eigenvalue weighted by Crippen LogP contribution is 2.25. The van der Waals surface area contributed by atoms with Crippen molar-refractivity contribution < 1.29 is 26.7 Å². The normalized spacial score (nSPS) is 12.0. The molecule has 2 aromatic rings. The van der Waals surface area contributed by atoms with Crippen molar-refractivity contribution in [1.82, 2.24) is 0 Å². The van der Waals surface area contributed by atoms with E-state index >= 15 is 0 Å². The van der Waals surface area contributed by atoms with Gasteiger partial charge >= 0.3 is 5.97 Å². The van der Waals surface area contributed by atoms with Crippen molar-refractivity contribution in [3.05, 3.63) is 70.3 Å². The highest BCUT2D eigenvalue weighted by Gasteiger charge is 2.29. The minimum atomic E-state index is -4.20. The number of hydrogen-bond acceptors (Lipinski definition) is 5. The van der Waals surface area contributed by atoms with Crippen molar-refractivity contribution in [3.63, 3.8) is 0 Å². The smallest absolute Gasteiger partial charge is 0.351 e. The number of carbonyl (C=O) groups is 1. The summed E-state index contributed by atoms with van der Waals surface area (Å²) in [6.07, 6.45) is 0.898. The standard InChI is InChI=1S/C18H17F2NO4S/c1-11-4-5-12(2)16(8-11)26(23,24)17(18(22)25-3)10-21-13-6-7-14(19)15(20)9-13/h4-10,21H,1-3H3/b17-10+. The first-order valence-corrected chi connectivity index (χ1v) is 8.97. The number of aryl methyl sites for hydroxylation is 2. The molecule has 0 bridgehead atoms. The van der Waals surface area contributed by atoms with Gasteiger partial charge in [-0.25, -0.2) is 22.0 Å². The predicted molar refractivity (Wildman–Crippen MR) is 93.2 cm³/mol. The molecule has 0 saturated heterocycles. The topological polar surface area (TPSA) is 72.5 Å². The van der Waals surface area contributed by atoms with Crippen molar-refractivity contribution in [1.29, 1.82) is 0 Å². The lowest BCUT2D eigenvalue weighted by molar-refractivity contribution is -0.135. The fraction of sp³-hybridized carbons (Fsp3) is 0.167. The van der Waals surface area contributed by atoms with E-state index in [1.165, 1.54) is 12.1 Å². The molecule has 5 nitrogen and oxygen atoms in total. The molecule has 8 heteroatoms. The Hall–Kier alpha value is -2.74. The lowest BCUT2D eigenvalue weighted by Gasteiger charge is -2.11. The summed E-state index contributed by atoms with van der Waals surface area (Å²) < 4.78 is 56.6. The Morgan fingerprint density at radius 3 is 2.38 bits per heavy atom. The number of esters is 1. The molecule has 0 fully saturated rings. The zero-order chi connectivity index (χ0) is 19.5. The van der Waals surface area contributed by atoms with E-state index < -0.39 is 32.3 Å². The second kappa shape index (κ2) is 7.65. The van der Waals surface area contributed by atoms with Gasteiger partial charge in [-0.05, 0) is 43.2 Å². The highest BCUT2D eigenvalue weighted by molar-refractivity contribution is 7.96. The van der Waals surface area contributed by atoms with Crippen LogP contribution >= 0.6 is 0 Å². The van der Waals surface area contributed by atoms with E-state index in [-0.39, 0.29) is 10.6 Å². The summed E-state index contributed by atoms with van der Waals surface area (Å²) in [6, 6.07) is 7.73. The van der Waals surface area contributed by atoms with E-state index in [2.05, 4.69) is 10.1 Å². The molecule has 26 heavy (non-hydrogen) atoms. The van der Waals surface area contributed by atoms with Gasteiger partial charge in [0, 0.05) is 18.0 Å². The van der Waals surface area contributed by atoms with Crippen LogP contribution < -0.4 is 5.32 Å². The van der Waals surface area contributed by atoms with Crippen LogP contribution in [-0.2, 0) is 19.4 Å². The Labute approximate surface area is 150 Å². The van der Waals surface area contributed by atoms with Gasteiger partial charge in [-0.1, -0.05) is 12.1 Å². The maximum atomic E-state index is 13.3. The number of hydrogen-bond donors (Lipinski definition) is 1. The quantitative estimate of drug-likeness (QED) is 0.634. The number of nitrogens with one attached hydrogen (secondary N) is 1. The van der Waals surface area contributed by atoms with E-state index in [1.54, 1.807) is 26.0 Å². The molecule has 138 valence electrons. The van der Waals surface area contributed by atoms with Gasteiger partial charge in [-0.2, -0.15) is 0 Å². The van der Waals surface area contributed by atoms with Crippen LogP contribution in [0, 0.1) is 25.5 Å². The van der Waals surface area contributed by atoms with Crippen LogP contribution in [0.2, 0.25) is 0 Å². The van der Waals surface area contributed by atoms with Crippen LogP contribution in [-0.4, -0.2) is 21.5 Å². The third-order valence-corrected chi connectivity index (χ3v) is 5.48. The van der Waals surface area contributed by atoms with E-state index in [0.29, 0.717) is 11.1 Å². The third-order valence-electron chi connectivity index (χ3n) is 3.60. The predicted octanol–water partition coefficient (Wildman–Crippen LogP) is 3.48. The second-order valence-corrected chi connectivity index (χ2v) is 7.43. The Morgan fingerprint density at radius 1 is 1.08 bits per heavy atom. The summed E-state index contributed by atoms with van der Waals surface area (Å²) in [6.45, 7) is 3.32. The van der Waals surface area contributed by atoms with Crippen molar-refractivity contribution >= 4 is 21.5 Å². The molecule has 2 rings (SSSR count). The molecule has 0 amide bonds. The largest absolute Gasteiger partial charge is 0.465 e. The van der Waals surface area contributed by atoms with Gasteiger partial charge < -0.3 is 10.1 Å². The van der Waals surface area contributed by atoms with Gasteiger partial charge in [0.1, 0.15) is 0 Å². The molecule has 0 atom stereocenters. The van der Waals surface area contributed by atoms with Gasteiger partial charge in [0.25, 0.3) is 0 Å². The fourth-order valence-corrected chi connectivity index (χ4v) is 3.78. The highest BCUT2D eigenvalue weighted by atomic mass is 32.2. The molecule has 0 aromatic heterocycles. The minimum Gasteiger partial charge on any atom is -0.465 e. The summed E-state index contributed by atoms with van der Waals surface area (Å²) in [5.74, 6) is -3.24. The molecule has 0 saturated carbocycles. The van der Waals surface area contributed by atoms with Crippen molar-refractivity contribution in [2.24, 2.45) is 0 Å². The minimum absolute atomic E-state index is 0.0405. The number of carbonyl (C=O) groups excluding carboxylic acids is 1. The molecular weight excluding hydrogens is 364 g/mol. The number of ether oxygens (including phenoxy) is 1. The van der Waals surface area contributed by atoms with E-state index in [1.807, 2.05) is 0 Å². The monoisotopic (exact) mass is 381 g/mol. The number of sulfone groups is 1. The average Bonchev–Trinajstić information content (AvgIpc) is 2.59. The van der Waals surface area contributed by atoms with Crippen LogP contribution in [0.3, 0.4) is 0 Å². The van der Waals surface area contributed by atoms with Crippen LogP contribution in [0.25, 0.3) is 0 Å². The van der Waals surface area contributed by atoms with E-state index in [9.17, 15) is 22.0 Å². The molecule has 1 N–H and O–H groups in total. The number of anilines is 1. The van der Waals surface area contributed by atoms with Gasteiger partial charge in [-0.3, -0.25) is 0 Å². The second-order valence-electron chi connectivity index (χ2n) is 5.55. The first-order valence-electron chi connectivity index (χ1n) is 7.49. The summed E-state index contributed by atoms with van der Waals surface area (Å²) >= 11 is 0. The molecule has 2 aromatic carbocycles. The molecule has 0 spiro atoms. The molecular formula is C18H17F2NO4S. The van der Waals surface area contributed by atoms with E-state index in [0.717, 1.165) is 25.4 Å². The van der Waals surface area contributed by atoms with Crippen LogP contribution in [0.1, 0.15) is 11.1 Å². The Bertz CT molecular complexity index is 985. The molecule has 0 aliphatic rings. The Kier molecular flexibility index (Phi) is 5.76. The van der Waals surface area contributed by atoms with Gasteiger partial charge in [0.2, 0.25) is 9.84 Å². The number of methoxy groups -OCH3 is 1. The third kappa shape index (κ3) is 4.08. The number of halogens is 2. The molecule has 0 unspecified atom stereocenters. The number of rotatable bonds is 5. The maximum Gasteiger partial charge on any atom is 0.351 e. The molecule has 0 aliphatic heterocycles. The summed E-state index contributed by atoms with van der Waals surface area (Å²) in [5.41, 5.74) is 1.23. The maximum absolute atomic E-state index is 13.3. The molecule has 0 heterocycles. The van der Waals surface area contributed by atoms with Crippen LogP contribution in [0.15, 0.2) is 52.4 Å². The van der Waals surface area contributed by atoms with Crippen LogP contribution in [0.4, 0.5) is 14.5 Å². The number of benzene rings is 2. The first kappa shape index (κ1) is 19.6.